The van der Waals surface area contributed by atoms with E-state index in [0.29, 0.717) is 22.9 Å². The van der Waals surface area contributed by atoms with Crippen LogP contribution in [0.15, 0.2) is 42.5 Å². The molecule has 0 saturated heterocycles. The summed E-state index contributed by atoms with van der Waals surface area (Å²) in [6, 6.07) is 11.6. The lowest BCUT2D eigenvalue weighted by atomic mass is 10.2. The van der Waals surface area contributed by atoms with E-state index in [0.717, 1.165) is 0 Å². The zero-order chi connectivity index (χ0) is 12.3. The maximum atomic E-state index is 9.16. The summed E-state index contributed by atoms with van der Waals surface area (Å²) in [5, 5.41) is 9.16. The Labute approximate surface area is 99.2 Å². The van der Waals surface area contributed by atoms with Crippen molar-refractivity contribution in [1.82, 2.24) is 0 Å². The largest absolute Gasteiger partial charge is 0.508 e. The van der Waals surface area contributed by atoms with Gasteiger partial charge < -0.3 is 20.3 Å². The van der Waals surface area contributed by atoms with Crippen LogP contribution in [-0.4, -0.2) is 12.2 Å². The molecule has 0 unspecified atom stereocenters. The van der Waals surface area contributed by atoms with Gasteiger partial charge in [0.2, 0.25) is 0 Å². The van der Waals surface area contributed by atoms with Crippen molar-refractivity contribution < 1.29 is 14.6 Å². The van der Waals surface area contributed by atoms with Crippen molar-refractivity contribution in [2.75, 3.05) is 12.8 Å². The van der Waals surface area contributed by atoms with Gasteiger partial charge in [-0.05, 0) is 36.4 Å². The zero-order valence-electron chi connectivity index (χ0n) is 9.38. The molecule has 4 nitrogen and oxygen atoms in total. The van der Waals surface area contributed by atoms with Crippen LogP contribution >= 0.6 is 0 Å². The number of anilines is 1. The maximum absolute atomic E-state index is 9.16. The third-order valence-corrected chi connectivity index (χ3v) is 2.25. The second kappa shape index (κ2) is 4.65. The lowest BCUT2D eigenvalue weighted by molar-refractivity contribution is 0.379. The molecular formula is C13H13NO3. The number of nitrogen functional groups attached to an aromatic ring is 1. The Kier molecular flexibility index (Phi) is 3.05. The topological polar surface area (TPSA) is 64.7 Å². The maximum Gasteiger partial charge on any atom is 0.169 e. The van der Waals surface area contributed by atoms with E-state index < -0.39 is 0 Å². The highest BCUT2D eigenvalue weighted by atomic mass is 16.5. The number of phenols is 1. The Bertz CT molecular complexity index is 509. The van der Waals surface area contributed by atoms with Crippen LogP contribution in [-0.2, 0) is 0 Å². The van der Waals surface area contributed by atoms with Crippen LogP contribution in [0.2, 0.25) is 0 Å². The van der Waals surface area contributed by atoms with Gasteiger partial charge in [0.1, 0.15) is 11.5 Å². The van der Waals surface area contributed by atoms with Gasteiger partial charge in [0.15, 0.2) is 11.5 Å². The molecule has 2 aromatic carbocycles. The minimum absolute atomic E-state index is 0.196. The predicted octanol–water partition coefficient (Wildman–Crippen LogP) is 2.78. The summed E-state index contributed by atoms with van der Waals surface area (Å²) in [5.74, 6) is 1.96. The molecule has 2 rings (SSSR count). The van der Waals surface area contributed by atoms with Crippen molar-refractivity contribution >= 4 is 5.69 Å². The molecule has 17 heavy (non-hydrogen) atoms. The van der Waals surface area contributed by atoms with E-state index in [2.05, 4.69) is 0 Å². The minimum atomic E-state index is 0.196. The summed E-state index contributed by atoms with van der Waals surface area (Å²) in [5.41, 5.74) is 6.26. The first-order valence-corrected chi connectivity index (χ1v) is 5.09. The Morgan fingerprint density at radius 3 is 2.35 bits per heavy atom. The third kappa shape index (κ3) is 2.60. The van der Waals surface area contributed by atoms with Crippen molar-refractivity contribution in [2.24, 2.45) is 0 Å². The predicted molar refractivity (Wildman–Crippen MR) is 65.6 cm³/mol. The van der Waals surface area contributed by atoms with Crippen molar-refractivity contribution in [2.45, 2.75) is 0 Å². The number of methoxy groups -OCH3 is 1. The number of ether oxygens (including phenoxy) is 2. The summed E-state index contributed by atoms with van der Waals surface area (Å²) < 4.78 is 10.8. The molecule has 0 radical (unpaired) electrons. The van der Waals surface area contributed by atoms with Crippen molar-refractivity contribution in [3.05, 3.63) is 42.5 Å². The van der Waals surface area contributed by atoms with Gasteiger partial charge in [-0.3, -0.25) is 0 Å². The minimum Gasteiger partial charge on any atom is -0.508 e. The number of hydrogen-bond donors (Lipinski definition) is 2. The Morgan fingerprint density at radius 2 is 1.71 bits per heavy atom. The van der Waals surface area contributed by atoms with Crippen molar-refractivity contribution in [1.29, 1.82) is 0 Å². The summed E-state index contributed by atoms with van der Waals surface area (Å²) in [4.78, 5) is 0. The summed E-state index contributed by atoms with van der Waals surface area (Å²) in [6.07, 6.45) is 0. The van der Waals surface area contributed by atoms with Crippen LogP contribution in [0.1, 0.15) is 0 Å². The fourth-order valence-electron chi connectivity index (χ4n) is 1.41. The zero-order valence-corrected chi connectivity index (χ0v) is 9.38. The Morgan fingerprint density at radius 1 is 1.00 bits per heavy atom. The molecule has 3 N–H and O–H groups in total. The SMILES string of the molecule is COc1cc(N)ccc1Oc1ccc(O)cc1. The highest BCUT2D eigenvalue weighted by Gasteiger charge is 2.05. The van der Waals surface area contributed by atoms with Gasteiger partial charge in [-0.25, -0.2) is 0 Å². The normalized spacial score (nSPS) is 9.94. The van der Waals surface area contributed by atoms with Crippen LogP contribution < -0.4 is 15.2 Å². The van der Waals surface area contributed by atoms with Crippen LogP contribution in [0.4, 0.5) is 5.69 Å². The molecule has 88 valence electrons. The van der Waals surface area contributed by atoms with Gasteiger partial charge in [0.25, 0.3) is 0 Å². The van der Waals surface area contributed by atoms with Crippen LogP contribution in [0, 0.1) is 0 Å². The van der Waals surface area contributed by atoms with Crippen molar-refractivity contribution in [3.63, 3.8) is 0 Å². The first kappa shape index (κ1) is 11.1. The molecule has 0 saturated carbocycles. The number of benzene rings is 2. The molecule has 0 amide bonds. The Balaban J connectivity index is 2.26. The van der Waals surface area contributed by atoms with Crippen LogP contribution in [0.5, 0.6) is 23.0 Å². The highest BCUT2D eigenvalue weighted by Crippen LogP contribution is 2.33. The van der Waals surface area contributed by atoms with E-state index >= 15 is 0 Å². The molecule has 0 bridgehead atoms. The quantitative estimate of drug-likeness (QED) is 0.797. The van der Waals surface area contributed by atoms with Gasteiger partial charge in [0, 0.05) is 11.8 Å². The summed E-state index contributed by atoms with van der Waals surface area (Å²) in [6.45, 7) is 0. The lowest BCUT2D eigenvalue weighted by Crippen LogP contribution is -1.92. The fraction of sp³-hybridized carbons (Fsp3) is 0.0769. The van der Waals surface area contributed by atoms with E-state index in [1.54, 1.807) is 49.6 Å². The first-order valence-electron chi connectivity index (χ1n) is 5.09. The summed E-state index contributed by atoms with van der Waals surface area (Å²) in [7, 11) is 1.55. The Hall–Kier alpha value is -2.36. The molecule has 0 spiro atoms. The standard InChI is InChI=1S/C13H13NO3/c1-16-13-8-9(14)2-7-12(13)17-11-5-3-10(15)4-6-11/h2-8,15H,14H2,1H3. The highest BCUT2D eigenvalue weighted by molar-refractivity contribution is 5.53. The molecule has 0 aliphatic carbocycles. The molecular weight excluding hydrogens is 218 g/mol. The van der Waals surface area contributed by atoms with E-state index in [9.17, 15) is 0 Å². The molecule has 0 atom stereocenters. The molecule has 4 heteroatoms. The third-order valence-electron chi connectivity index (χ3n) is 2.25. The molecule has 0 aliphatic heterocycles. The van der Waals surface area contributed by atoms with E-state index in [4.69, 9.17) is 20.3 Å². The monoisotopic (exact) mass is 231 g/mol. The molecule has 0 aliphatic rings. The average Bonchev–Trinajstić information content (AvgIpc) is 2.34. The van der Waals surface area contributed by atoms with Gasteiger partial charge in [-0.2, -0.15) is 0 Å². The fourth-order valence-corrected chi connectivity index (χ4v) is 1.41. The van der Waals surface area contributed by atoms with Crippen LogP contribution in [0.3, 0.4) is 0 Å². The van der Waals surface area contributed by atoms with Crippen molar-refractivity contribution in [3.8, 4) is 23.0 Å². The van der Waals surface area contributed by atoms with Gasteiger partial charge >= 0.3 is 0 Å². The second-order valence-electron chi connectivity index (χ2n) is 3.51. The van der Waals surface area contributed by atoms with Gasteiger partial charge in [0.05, 0.1) is 7.11 Å². The number of hydrogen-bond acceptors (Lipinski definition) is 4. The first-order chi connectivity index (χ1) is 8.19. The molecule has 0 aromatic heterocycles. The summed E-state index contributed by atoms with van der Waals surface area (Å²) >= 11 is 0. The number of rotatable bonds is 3. The smallest absolute Gasteiger partial charge is 0.169 e. The van der Waals surface area contributed by atoms with E-state index in [1.807, 2.05) is 0 Å². The van der Waals surface area contributed by atoms with E-state index in [-0.39, 0.29) is 5.75 Å². The number of aromatic hydroxyl groups is 1. The molecule has 0 fully saturated rings. The van der Waals surface area contributed by atoms with Gasteiger partial charge in [-0.15, -0.1) is 0 Å². The lowest BCUT2D eigenvalue weighted by Gasteiger charge is -2.10. The number of phenolic OH excluding ortho intramolecular Hbond substituents is 1. The number of nitrogens with two attached hydrogens (primary N) is 1. The van der Waals surface area contributed by atoms with Crippen LogP contribution in [0.25, 0.3) is 0 Å². The average molecular weight is 231 g/mol. The molecule has 0 heterocycles. The molecule has 2 aromatic rings. The van der Waals surface area contributed by atoms with E-state index in [1.165, 1.54) is 0 Å². The van der Waals surface area contributed by atoms with Gasteiger partial charge in [-0.1, -0.05) is 0 Å². The second-order valence-corrected chi connectivity index (χ2v) is 3.51.